The van der Waals surface area contributed by atoms with Crippen LogP contribution < -0.4 is 11.1 Å². The van der Waals surface area contributed by atoms with E-state index in [1.54, 1.807) is 0 Å². The van der Waals surface area contributed by atoms with E-state index in [0.717, 1.165) is 25.7 Å². The highest BCUT2D eigenvalue weighted by molar-refractivity contribution is 5.35. The lowest BCUT2D eigenvalue weighted by Crippen LogP contribution is -2.37. The summed E-state index contributed by atoms with van der Waals surface area (Å²) in [6.07, 6.45) is 6.26. The van der Waals surface area contributed by atoms with E-state index >= 15 is 0 Å². The lowest BCUT2D eigenvalue weighted by molar-refractivity contribution is 0.116. The third kappa shape index (κ3) is 2.67. The average molecular weight is 276 g/mol. The predicted molar refractivity (Wildman–Crippen MR) is 71.0 cm³/mol. The monoisotopic (exact) mass is 276 g/mol. The Kier molecular flexibility index (Phi) is 3.42. The van der Waals surface area contributed by atoms with Gasteiger partial charge in [0, 0.05) is 0 Å². The fourth-order valence-corrected chi connectivity index (χ4v) is 2.30. The van der Waals surface area contributed by atoms with Crippen molar-refractivity contribution in [3.8, 4) is 5.95 Å². The van der Waals surface area contributed by atoms with Crippen LogP contribution in [0.1, 0.15) is 25.7 Å². The quantitative estimate of drug-likeness (QED) is 0.700. The molecule has 20 heavy (non-hydrogen) atoms. The summed E-state index contributed by atoms with van der Waals surface area (Å²) in [6.45, 7) is 0. The number of aromatic nitrogens is 6. The molecule has 9 heteroatoms. The minimum Gasteiger partial charge on any atom is -0.391 e. The summed E-state index contributed by atoms with van der Waals surface area (Å²) in [6, 6.07) is -0.0610. The van der Waals surface area contributed by atoms with Crippen molar-refractivity contribution in [2.45, 2.75) is 37.8 Å². The molecule has 2 unspecified atom stereocenters. The van der Waals surface area contributed by atoms with Crippen molar-refractivity contribution in [1.29, 1.82) is 0 Å². The Morgan fingerprint density at radius 1 is 1.25 bits per heavy atom. The van der Waals surface area contributed by atoms with Crippen molar-refractivity contribution in [3.63, 3.8) is 0 Å². The van der Waals surface area contributed by atoms with Crippen molar-refractivity contribution in [2.24, 2.45) is 0 Å². The van der Waals surface area contributed by atoms with E-state index in [1.807, 2.05) is 0 Å². The van der Waals surface area contributed by atoms with Gasteiger partial charge in [0.2, 0.25) is 11.9 Å². The van der Waals surface area contributed by atoms with E-state index < -0.39 is 6.10 Å². The molecule has 0 amide bonds. The van der Waals surface area contributed by atoms with E-state index in [2.05, 4.69) is 30.4 Å². The zero-order chi connectivity index (χ0) is 13.9. The van der Waals surface area contributed by atoms with Gasteiger partial charge in [0.25, 0.3) is 5.95 Å². The first-order chi connectivity index (χ1) is 9.72. The number of nitrogens with zero attached hydrogens (tertiary/aromatic N) is 6. The number of nitrogens with one attached hydrogen (secondary N) is 1. The summed E-state index contributed by atoms with van der Waals surface area (Å²) in [5.74, 6) is 0.732. The zero-order valence-electron chi connectivity index (χ0n) is 10.8. The van der Waals surface area contributed by atoms with Gasteiger partial charge in [0.05, 0.1) is 12.1 Å². The van der Waals surface area contributed by atoms with Crippen LogP contribution in [0.3, 0.4) is 0 Å². The van der Waals surface area contributed by atoms with Crippen LogP contribution in [0.5, 0.6) is 0 Å². The Bertz CT molecular complexity index is 572. The van der Waals surface area contributed by atoms with Gasteiger partial charge in [0.1, 0.15) is 12.7 Å². The lowest BCUT2D eigenvalue weighted by Gasteiger charge is -2.28. The van der Waals surface area contributed by atoms with Crippen molar-refractivity contribution in [2.75, 3.05) is 11.1 Å². The minimum absolute atomic E-state index is 0.0610. The highest BCUT2D eigenvalue weighted by Crippen LogP contribution is 2.21. The normalized spacial score (nSPS) is 22.6. The molecule has 0 spiro atoms. The Hall–Kier alpha value is -2.29. The molecule has 1 saturated carbocycles. The smallest absolute Gasteiger partial charge is 0.258 e. The van der Waals surface area contributed by atoms with Crippen LogP contribution in [0.2, 0.25) is 0 Å². The maximum absolute atomic E-state index is 9.96. The summed E-state index contributed by atoms with van der Waals surface area (Å²) in [7, 11) is 0. The van der Waals surface area contributed by atoms with Crippen molar-refractivity contribution in [3.05, 3.63) is 12.7 Å². The van der Waals surface area contributed by atoms with E-state index in [4.69, 9.17) is 5.73 Å². The highest BCUT2D eigenvalue weighted by Gasteiger charge is 2.24. The molecule has 0 bridgehead atoms. The second kappa shape index (κ2) is 5.37. The fourth-order valence-electron chi connectivity index (χ4n) is 2.30. The maximum atomic E-state index is 9.96. The van der Waals surface area contributed by atoms with Gasteiger partial charge in [-0.05, 0) is 12.8 Å². The molecular formula is C11H16N8O. The first kappa shape index (κ1) is 12.7. The van der Waals surface area contributed by atoms with Crippen molar-refractivity contribution < 1.29 is 5.11 Å². The molecule has 1 fully saturated rings. The molecule has 2 aromatic heterocycles. The topological polar surface area (TPSA) is 128 Å². The van der Waals surface area contributed by atoms with Gasteiger partial charge in [0.15, 0.2) is 0 Å². The van der Waals surface area contributed by atoms with Crippen LogP contribution in [0.4, 0.5) is 11.9 Å². The molecule has 4 N–H and O–H groups in total. The molecule has 106 valence electrons. The molecule has 0 aromatic carbocycles. The second-order valence-corrected chi connectivity index (χ2v) is 4.76. The SMILES string of the molecule is Nc1nc(NC2CCCCC2O)nc(-n2cncn2)n1. The van der Waals surface area contributed by atoms with E-state index in [1.165, 1.54) is 17.3 Å². The van der Waals surface area contributed by atoms with E-state index in [0.29, 0.717) is 11.9 Å². The third-order valence-corrected chi connectivity index (χ3v) is 3.31. The van der Waals surface area contributed by atoms with E-state index in [9.17, 15) is 5.11 Å². The summed E-state index contributed by atoms with van der Waals surface area (Å²) in [4.78, 5) is 16.1. The van der Waals surface area contributed by atoms with Crippen LogP contribution in [0.15, 0.2) is 12.7 Å². The van der Waals surface area contributed by atoms with Crippen LogP contribution in [-0.2, 0) is 0 Å². The molecule has 0 aliphatic heterocycles. The van der Waals surface area contributed by atoms with Gasteiger partial charge in [-0.25, -0.2) is 4.98 Å². The van der Waals surface area contributed by atoms with Crippen molar-refractivity contribution >= 4 is 11.9 Å². The van der Waals surface area contributed by atoms with Crippen molar-refractivity contribution in [1.82, 2.24) is 29.7 Å². The molecule has 1 aliphatic carbocycles. The zero-order valence-corrected chi connectivity index (χ0v) is 10.8. The van der Waals surface area contributed by atoms with Crippen LogP contribution in [0.25, 0.3) is 5.95 Å². The number of hydrogen-bond donors (Lipinski definition) is 3. The predicted octanol–water partition coefficient (Wildman–Crippen LogP) is -0.250. The Morgan fingerprint density at radius 3 is 2.85 bits per heavy atom. The highest BCUT2D eigenvalue weighted by atomic mass is 16.3. The number of nitrogen functional groups attached to an aromatic ring is 1. The summed E-state index contributed by atoms with van der Waals surface area (Å²) < 4.78 is 1.40. The summed E-state index contributed by atoms with van der Waals surface area (Å²) in [5.41, 5.74) is 5.68. The number of anilines is 2. The maximum Gasteiger partial charge on any atom is 0.258 e. The van der Waals surface area contributed by atoms with Crippen LogP contribution in [-0.4, -0.2) is 47.0 Å². The molecule has 2 atom stereocenters. The van der Waals surface area contributed by atoms with Crippen LogP contribution >= 0.6 is 0 Å². The largest absolute Gasteiger partial charge is 0.391 e. The third-order valence-electron chi connectivity index (χ3n) is 3.31. The molecule has 1 aliphatic rings. The fraction of sp³-hybridized carbons (Fsp3) is 0.545. The Balaban J connectivity index is 1.82. The molecule has 3 rings (SSSR count). The number of hydrogen-bond acceptors (Lipinski definition) is 8. The standard InChI is InChI=1S/C11H16N8O/c12-9-16-10(15-7-3-1-2-4-8(7)20)18-11(17-9)19-6-13-5-14-19/h5-8,20H,1-4H2,(H3,12,15,16,17,18). The molecule has 2 aromatic rings. The average Bonchev–Trinajstić information content (AvgIpc) is 2.95. The van der Waals surface area contributed by atoms with Gasteiger partial charge in [-0.2, -0.15) is 24.7 Å². The first-order valence-electron chi connectivity index (χ1n) is 6.53. The van der Waals surface area contributed by atoms with Gasteiger partial charge in [-0.15, -0.1) is 0 Å². The first-order valence-corrected chi connectivity index (χ1v) is 6.53. The van der Waals surface area contributed by atoms with Gasteiger partial charge >= 0.3 is 0 Å². The van der Waals surface area contributed by atoms with E-state index in [-0.39, 0.29) is 12.0 Å². The molecular weight excluding hydrogens is 260 g/mol. The Morgan fingerprint density at radius 2 is 2.10 bits per heavy atom. The molecule has 0 saturated heterocycles. The molecule has 9 nitrogen and oxygen atoms in total. The van der Waals surface area contributed by atoms with Gasteiger partial charge < -0.3 is 16.2 Å². The number of aliphatic hydroxyl groups excluding tert-OH is 1. The van der Waals surface area contributed by atoms with Gasteiger partial charge in [-0.1, -0.05) is 12.8 Å². The summed E-state index contributed by atoms with van der Waals surface area (Å²) >= 11 is 0. The van der Waals surface area contributed by atoms with Gasteiger partial charge in [-0.3, -0.25) is 0 Å². The number of rotatable bonds is 3. The lowest BCUT2D eigenvalue weighted by atomic mass is 9.93. The number of nitrogens with two attached hydrogens (primary N) is 1. The van der Waals surface area contributed by atoms with Crippen LogP contribution in [0, 0.1) is 0 Å². The Labute approximate surface area is 115 Å². The molecule has 0 radical (unpaired) electrons. The summed E-state index contributed by atoms with van der Waals surface area (Å²) in [5, 5.41) is 17.0. The minimum atomic E-state index is -0.392. The second-order valence-electron chi connectivity index (χ2n) is 4.76. The number of aliphatic hydroxyl groups is 1. The molecule has 2 heterocycles.